The molecule has 1 unspecified atom stereocenters. The molecule has 2 N–H and O–H groups in total. The first-order valence-electron chi connectivity index (χ1n) is 4.02. The molecule has 2 heterocycles. The van der Waals surface area contributed by atoms with Crippen molar-refractivity contribution in [2.45, 2.75) is 6.04 Å². The second-order valence-electron chi connectivity index (χ2n) is 2.94. The summed E-state index contributed by atoms with van der Waals surface area (Å²) in [6.07, 6.45) is 1.69. The topological polar surface area (TPSA) is 56.7 Å². The molecule has 2 aromatic rings. The Morgan fingerprint density at radius 2 is 2.43 bits per heavy atom. The van der Waals surface area contributed by atoms with Gasteiger partial charge in [-0.15, -0.1) is 16.4 Å². The van der Waals surface area contributed by atoms with Crippen LogP contribution in [0.5, 0.6) is 0 Å². The van der Waals surface area contributed by atoms with E-state index in [1.165, 1.54) is 0 Å². The van der Waals surface area contributed by atoms with Gasteiger partial charge in [0.1, 0.15) is 0 Å². The Bertz CT molecular complexity index is 436. The first-order valence-corrected chi connectivity index (χ1v) is 5.70. The van der Waals surface area contributed by atoms with E-state index < -0.39 is 0 Å². The summed E-state index contributed by atoms with van der Waals surface area (Å²) in [6, 6.07) is 1.86. The van der Waals surface area contributed by atoms with Crippen LogP contribution in [0.15, 0.2) is 21.4 Å². The van der Waals surface area contributed by atoms with Crippen LogP contribution in [0.4, 0.5) is 0 Å². The molecular formula is C8H9BrN4S. The molecule has 0 spiro atoms. The number of nitrogens with two attached hydrogens (primary N) is 1. The van der Waals surface area contributed by atoms with Gasteiger partial charge in [0, 0.05) is 7.05 Å². The summed E-state index contributed by atoms with van der Waals surface area (Å²) in [5.74, 6) is 0. The smallest absolute Gasteiger partial charge is 0.0796 e. The Morgan fingerprint density at radius 3 is 2.93 bits per heavy atom. The summed E-state index contributed by atoms with van der Waals surface area (Å²) >= 11 is 5.03. The number of hydrogen-bond donors (Lipinski definition) is 1. The highest BCUT2D eigenvalue weighted by molar-refractivity contribution is 9.11. The molecule has 0 saturated heterocycles. The molecule has 74 valence electrons. The second kappa shape index (κ2) is 3.80. The maximum absolute atomic E-state index is 6.06. The maximum atomic E-state index is 6.06. The van der Waals surface area contributed by atoms with Crippen molar-refractivity contribution in [1.29, 1.82) is 0 Å². The SMILES string of the molecule is Cn1nncc1C(N)c1csc(Br)c1. The van der Waals surface area contributed by atoms with Crippen LogP contribution in [0, 0.1) is 0 Å². The summed E-state index contributed by atoms with van der Waals surface area (Å²) in [5.41, 5.74) is 8.05. The van der Waals surface area contributed by atoms with Gasteiger partial charge in [-0.05, 0) is 32.9 Å². The van der Waals surface area contributed by atoms with E-state index in [0.29, 0.717) is 0 Å². The second-order valence-corrected chi connectivity index (χ2v) is 5.23. The Hall–Kier alpha value is -0.720. The van der Waals surface area contributed by atoms with Crippen molar-refractivity contribution in [3.05, 3.63) is 32.7 Å². The highest BCUT2D eigenvalue weighted by atomic mass is 79.9. The third-order valence-electron chi connectivity index (χ3n) is 2.01. The van der Waals surface area contributed by atoms with E-state index in [0.717, 1.165) is 15.0 Å². The molecule has 14 heavy (non-hydrogen) atoms. The summed E-state index contributed by atoms with van der Waals surface area (Å²) in [4.78, 5) is 0. The summed E-state index contributed by atoms with van der Waals surface area (Å²) in [6.45, 7) is 0. The fraction of sp³-hybridized carbons (Fsp3) is 0.250. The number of thiophene rings is 1. The van der Waals surface area contributed by atoms with Crippen molar-refractivity contribution in [3.63, 3.8) is 0 Å². The fourth-order valence-corrected chi connectivity index (χ4v) is 2.45. The molecule has 0 aliphatic carbocycles. The first kappa shape index (κ1) is 9.82. The first-order chi connectivity index (χ1) is 6.68. The average Bonchev–Trinajstić information content (AvgIpc) is 2.73. The van der Waals surface area contributed by atoms with Gasteiger partial charge in [-0.1, -0.05) is 5.21 Å². The van der Waals surface area contributed by atoms with Crippen molar-refractivity contribution >= 4 is 27.3 Å². The molecule has 0 bridgehead atoms. The Labute approximate surface area is 93.9 Å². The van der Waals surface area contributed by atoms with Crippen LogP contribution < -0.4 is 5.73 Å². The van der Waals surface area contributed by atoms with Crippen LogP contribution in [0.25, 0.3) is 0 Å². The third-order valence-corrected chi connectivity index (χ3v) is 3.54. The van der Waals surface area contributed by atoms with E-state index in [2.05, 4.69) is 26.2 Å². The van der Waals surface area contributed by atoms with Gasteiger partial charge in [0.2, 0.25) is 0 Å². The number of rotatable bonds is 2. The molecule has 2 rings (SSSR count). The lowest BCUT2D eigenvalue weighted by molar-refractivity contribution is 0.651. The van der Waals surface area contributed by atoms with Gasteiger partial charge in [-0.2, -0.15) is 0 Å². The quantitative estimate of drug-likeness (QED) is 0.905. The van der Waals surface area contributed by atoms with Crippen molar-refractivity contribution in [1.82, 2.24) is 15.0 Å². The predicted octanol–water partition coefficient (Wildman–Crippen LogP) is 1.69. The van der Waals surface area contributed by atoms with Crippen molar-refractivity contribution in [2.24, 2.45) is 12.8 Å². The van der Waals surface area contributed by atoms with Crippen molar-refractivity contribution in [2.75, 3.05) is 0 Å². The number of hydrogen-bond acceptors (Lipinski definition) is 4. The van der Waals surface area contributed by atoms with Crippen molar-refractivity contribution < 1.29 is 0 Å². The molecule has 0 aromatic carbocycles. The lowest BCUT2D eigenvalue weighted by Gasteiger charge is -2.08. The molecular weight excluding hydrogens is 264 g/mol. The largest absolute Gasteiger partial charge is 0.319 e. The molecule has 1 atom stereocenters. The predicted molar refractivity (Wildman–Crippen MR) is 59.1 cm³/mol. The molecule has 0 aliphatic rings. The molecule has 0 saturated carbocycles. The summed E-state index contributed by atoms with van der Waals surface area (Å²) in [7, 11) is 1.84. The van der Waals surface area contributed by atoms with E-state index in [9.17, 15) is 0 Å². The minimum atomic E-state index is -0.155. The van der Waals surface area contributed by atoms with Gasteiger partial charge in [-0.25, -0.2) is 0 Å². The van der Waals surface area contributed by atoms with Gasteiger partial charge in [-0.3, -0.25) is 4.68 Å². The van der Waals surface area contributed by atoms with Crippen LogP contribution >= 0.6 is 27.3 Å². The standard InChI is InChI=1S/C8H9BrN4S/c1-13-6(3-11-12-13)8(10)5-2-7(9)14-4-5/h2-4,8H,10H2,1H3. The van der Waals surface area contributed by atoms with Crippen LogP contribution in [0.2, 0.25) is 0 Å². The molecule has 0 aliphatic heterocycles. The Morgan fingerprint density at radius 1 is 1.64 bits per heavy atom. The lowest BCUT2D eigenvalue weighted by Crippen LogP contribution is -2.15. The van der Waals surface area contributed by atoms with Gasteiger partial charge in [0.25, 0.3) is 0 Å². The van der Waals surface area contributed by atoms with Gasteiger partial charge < -0.3 is 5.73 Å². The minimum absolute atomic E-state index is 0.155. The molecule has 4 nitrogen and oxygen atoms in total. The van der Waals surface area contributed by atoms with E-state index in [4.69, 9.17) is 5.73 Å². The van der Waals surface area contributed by atoms with Crippen LogP contribution in [0.3, 0.4) is 0 Å². The van der Waals surface area contributed by atoms with Crippen molar-refractivity contribution in [3.8, 4) is 0 Å². The minimum Gasteiger partial charge on any atom is -0.319 e. The van der Waals surface area contributed by atoms with Gasteiger partial charge >= 0.3 is 0 Å². The van der Waals surface area contributed by atoms with E-state index in [-0.39, 0.29) is 6.04 Å². The summed E-state index contributed by atoms with van der Waals surface area (Å²) < 4.78 is 2.77. The number of halogens is 1. The molecule has 0 radical (unpaired) electrons. The fourth-order valence-electron chi connectivity index (χ4n) is 1.24. The Kier molecular flexibility index (Phi) is 2.66. The highest BCUT2D eigenvalue weighted by Gasteiger charge is 2.14. The highest BCUT2D eigenvalue weighted by Crippen LogP contribution is 2.27. The number of nitrogens with zero attached hydrogens (tertiary/aromatic N) is 3. The average molecular weight is 273 g/mol. The summed E-state index contributed by atoms with van der Waals surface area (Å²) in [5, 5.41) is 9.68. The van der Waals surface area contributed by atoms with E-state index >= 15 is 0 Å². The van der Waals surface area contributed by atoms with Gasteiger partial charge in [0.05, 0.1) is 21.7 Å². The van der Waals surface area contributed by atoms with Crippen LogP contribution in [0.1, 0.15) is 17.3 Å². The lowest BCUT2D eigenvalue weighted by atomic mass is 10.1. The Balaban J connectivity index is 2.33. The molecule has 0 amide bonds. The van der Waals surface area contributed by atoms with E-state index in [1.54, 1.807) is 22.2 Å². The normalized spacial score (nSPS) is 13.1. The van der Waals surface area contributed by atoms with Crippen LogP contribution in [-0.4, -0.2) is 15.0 Å². The number of aromatic nitrogens is 3. The zero-order chi connectivity index (χ0) is 10.1. The molecule has 0 fully saturated rings. The van der Waals surface area contributed by atoms with E-state index in [1.807, 2.05) is 18.5 Å². The molecule has 6 heteroatoms. The zero-order valence-corrected chi connectivity index (χ0v) is 9.92. The third kappa shape index (κ3) is 1.73. The maximum Gasteiger partial charge on any atom is 0.0796 e. The monoisotopic (exact) mass is 272 g/mol. The number of aryl methyl sites for hydroxylation is 1. The molecule has 2 aromatic heterocycles. The van der Waals surface area contributed by atoms with Gasteiger partial charge in [0.15, 0.2) is 0 Å². The zero-order valence-electron chi connectivity index (χ0n) is 7.51. The van der Waals surface area contributed by atoms with Crippen LogP contribution in [-0.2, 0) is 7.05 Å².